The first-order valence-electron chi connectivity index (χ1n) is 7.72. The van der Waals surface area contributed by atoms with Crippen LogP contribution in [0.4, 0.5) is 4.39 Å². The van der Waals surface area contributed by atoms with E-state index in [2.05, 4.69) is 10.4 Å². The lowest BCUT2D eigenvalue weighted by Gasteiger charge is -2.00. The Morgan fingerprint density at radius 3 is 2.21 bits per heavy atom. The van der Waals surface area contributed by atoms with Crippen LogP contribution in [-0.4, -0.2) is 28.4 Å². The molecule has 6 heteroatoms. The number of nitrogens with zero attached hydrogens (tertiary/aromatic N) is 3. The lowest BCUT2D eigenvalue weighted by Crippen LogP contribution is -2.24. The van der Waals surface area contributed by atoms with Crippen molar-refractivity contribution in [3.05, 3.63) is 70.9 Å². The normalized spacial score (nSPS) is 10.2. The molecule has 24 heavy (non-hydrogen) atoms. The van der Waals surface area contributed by atoms with Gasteiger partial charge in [-0.05, 0) is 33.2 Å². The zero-order valence-corrected chi connectivity index (χ0v) is 14.0. The maximum Gasteiger partial charge on any atom is 0.351 e. The van der Waals surface area contributed by atoms with Gasteiger partial charge < -0.3 is 5.32 Å². The molecule has 0 aliphatic carbocycles. The average Bonchev–Trinajstić information content (AvgIpc) is 2.93. The molecular formula is C18H21FN4O. The fraction of sp³-hybridized carbons (Fsp3) is 0.222. The number of para-hydroxylation sites is 1. The van der Waals surface area contributed by atoms with Gasteiger partial charge >= 0.3 is 5.69 Å². The van der Waals surface area contributed by atoms with Gasteiger partial charge in [0.05, 0.1) is 0 Å². The van der Waals surface area contributed by atoms with Gasteiger partial charge in [-0.2, -0.15) is 4.68 Å². The molecule has 0 aliphatic heterocycles. The van der Waals surface area contributed by atoms with Gasteiger partial charge in [0.15, 0.2) is 5.82 Å². The lowest BCUT2D eigenvalue weighted by atomic mass is 10.2. The summed E-state index contributed by atoms with van der Waals surface area (Å²) < 4.78 is 16.5. The zero-order valence-electron chi connectivity index (χ0n) is 14.0. The minimum absolute atomic E-state index is 0.159. The third kappa shape index (κ3) is 3.60. The second kappa shape index (κ2) is 8.21. The van der Waals surface area contributed by atoms with Crippen molar-refractivity contribution < 1.29 is 4.39 Å². The molecule has 3 aromatic rings. The number of hydrogen-bond acceptors (Lipinski definition) is 3. The van der Waals surface area contributed by atoms with Crippen molar-refractivity contribution in [2.45, 2.75) is 13.5 Å². The van der Waals surface area contributed by atoms with Crippen LogP contribution in [0.15, 0.2) is 59.4 Å². The fourth-order valence-electron chi connectivity index (χ4n) is 2.26. The monoisotopic (exact) mass is 328 g/mol. The van der Waals surface area contributed by atoms with E-state index in [1.807, 2.05) is 51.4 Å². The molecule has 0 bridgehead atoms. The van der Waals surface area contributed by atoms with Crippen molar-refractivity contribution in [3.8, 4) is 17.1 Å². The molecule has 0 amide bonds. The van der Waals surface area contributed by atoms with E-state index in [4.69, 9.17) is 0 Å². The highest BCUT2D eigenvalue weighted by molar-refractivity contribution is 5.55. The standard InChI is InChI=1S/C16H14FN3O.C2H7N/c1-2-19-15(12-8-4-3-5-9-12)18-20(16(19)21)14-11-7-6-10-13(14)17;1-3-2/h3-11H,2H2,1H3;3H,1-2H3. The van der Waals surface area contributed by atoms with Crippen LogP contribution in [0.25, 0.3) is 17.1 Å². The number of hydrogen-bond donors (Lipinski definition) is 1. The maximum absolute atomic E-state index is 13.9. The molecule has 0 atom stereocenters. The largest absolute Gasteiger partial charge is 0.351 e. The summed E-state index contributed by atoms with van der Waals surface area (Å²) in [5.74, 6) is 0.0614. The third-order valence-electron chi connectivity index (χ3n) is 3.29. The zero-order chi connectivity index (χ0) is 17.5. The van der Waals surface area contributed by atoms with Gasteiger partial charge in [-0.3, -0.25) is 4.57 Å². The molecule has 2 aromatic carbocycles. The minimum Gasteiger partial charge on any atom is -0.323 e. The predicted octanol–water partition coefficient (Wildman–Crippen LogP) is 2.70. The number of rotatable bonds is 3. The highest BCUT2D eigenvalue weighted by Gasteiger charge is 2.16. The van der Waals surface area contributed by atoms with Crippen molar-refractivity contribution >= 4 is 0 Å². The quantitative estimate of drug-likeness (QED) is 0.804. The Labute approximate surface area is 140 Å². The Bertz CT molecular complexity index is 840. The van der Waals surface area contributed by atoms with Gasteiger partial charge in [0.25, 0.3) is 0 Å². The highest BCUT2D eigenvalue weighted by Crippen LogP contribution is 2.17. The summed E-state index contributed by atoms with van der Waals surface area (Å²) in [4.78, 5) is 12.4. The lowest BCUT2D eigenvalue weighted by molar-refractivity contribution is 0.605. The first kappa shape index (κ1) is 17.6. The van der Waals surface area contributed by atoms with Crippen LogP contribution in [-0.2, 0) is 6.54 Å². The topological polar surface area (TPSA) is 51.9 Å². The molecule has 0 fully saturated rings. The number of halogens is 1. The predicted molar refractivity (Wildman–Crippen MR) is 93.9 cm³/mol. The van der Waals surface area contributed by atoms with Crippen LogP contribution >= 0.6 is 0 Å². The molecule has 0 unspecified atom stereocenters. The van der Waals surface area contributed by atoms with Crippen molar-refractivity contribution in [1.29, 1.82) is 0 Å². The Morgan fingerprint density at radius 1 is 1.04 bits per heavy atom. The summed E-state index contributed by atoms with van der Waals surface area (Å²) in [6, 6.07) is 15.5. The molecule has 0 aliphatic rings. The SMILES string of the molecule is CCn1c(-c2ccccc2)nn(-c2ccccc2F)c1=O.CNC. The molecular weight excluding hydrogens is 307 g/mol. The van der Waals surface area contributed by atoms with Crippen LogP contribution in [0, 0.1) is 5.82 Å². The molecule has 0 radical (unpaired) electrons. The van der Waals surface area contributed by atoms with Gasteiger partial charge in [-0.25, -0.2) is 9.18 Å². The third-order valence-corrected chi connectivity index (χ3v) is 3.29. The number of benzene rings is 2. The van der Waals surface area contributed by atoms with E-state index in [0.29, 0.717) is 12.4 Å². The summed E-state index contributed by atoms with van der Waals surface area (Å²) in [6.45, 7) is 2.33. The van der Waals surface area contributed by atoms with Crippen LogP contribution in [0.2, 0.25) is 0 Å². The van der Waals surface area contributed by atoms with Gasteiger partial charge in [-0.1, -0.05) is 42.5 Å². The number of nitrogens with one attached hydrogen (secondary N) is 1. The van der Waals surface area contributed by atoms with Gasteiger partial charge in [0.2, 0.25) is 0 Å². The van der Waals surface area contributed by atoms with Gasteiger partial charge in [0.1, 0.15) is 11.5 Å². The van der Waals surface area contributed by atoms with Crippen molar-refractivity contribution in [1.82, 2.24) is 19.7 Å². The molecule has 5 nitrogen and oxygen atoms in total. The van der Waals surface area contributed by atoms with Gasteiger partial charge in [-0.15, -0.1) is 5.10 Å². The van der Waals surface area contributed by atoms with E-state index >= 15 is 0 Å². The maximum atomic E-state index is 13.9. The molecule has 1 heterocycles. The Balaban J connectivity index is 0.000000647. The molecule has 0 saturated carbocycles. The van der Waals surface area contributed by atoms with E-state index in [0.717, 1.165) is 10.2 Å². The van der Waals surface area contributed by atoms with Crippen LogP contribution in [0.5, 0.6) is 0 Å². The van der Waals surface area contributed by atoms with E-state index in [9.17, 15) is 9.18 Å². The van der Waals surface area contributed by atoms with E-state index in [-0.39, 0.29) is 11.4 Å². The Morgan fingerprint density at radius 2 is 1.62 bits per heavy atom. The summed E-state index contributed by atoms with van der Waals surface area (Å²) in [7, 11) is 3.75. The molecule has 0 spiro atoms. The summed E-state index contributed by atoms with van der Waals surface area (Å²) in [5.41, 5.74) is 0.639. The van der Waals surface area contributed by atoms with E-state index in [1.165, 1.54) is 10.6 Å². The molecule has 1 N–H and O–H groups in total. The molecule has 126 valence electrons. The van der Waals surface area contributed by atoms with Gasteiger partial charge in [0, 0.05) is 12.1 Å². The molecule has 3 rings (SSSR count). The van der Waals surface area contributed by atoms with Crippen molar-refractivity contribution in [2.24, 2.45) is 0 Å². The Kier molecular flexibility index (Phi) is 6.03. The summed E-state index contributed by atoms with van der Waals surface area (Å²) in [6.07, 6.45) is 0. The van der Waals surface area contributed by atoms with Crippen molar-refractivity contribution in [3.63, 3.8) is 0 Å². The molecule has 0 saturated heterocycles. The fourth-order valence-corrected chi connectivity index (χ4v) is 2.26. The van der Waals surface area contributed by atoms with Crippen molar-refractivity contribution in [2.75, 3.05) is 14.1 Å². The van der Waals surface area contributed by atoms with E-state index in [1.54, 1.807) is 18.2 Å². The second-order valence-electron chi connectivity index (χ2n) is 5.08. The Hall–Kier alpha value is -2.73. The first-order chi connectivity index (χ1) is 11.6. The van der Waals surface area contributed by atoms with Crippen LogP contribution < -0.4 is 11.0 Å². The average molecular weight is 328 g/mol. The number of aromatic nitrogens is 3. The smallest absolute Gasteiger partial charge is 0.323 e. The van der Waals surface area contributed by atoms with Crippen LogP contribution in [0.1, 0.15) is 6.92 Å². The minimum atomic E-state index is -0.472. The van der Waals surface area contributed by atoms with Crippen LogP contribution in [0.3, 0.4) is 0 Å². The second-order valence-corrected chi connectivity index (χ2v) is 5.08. The highest BCUT2D eigenvalue weighted by atomic mass is 19.1. The summed E-state index contributed by atoms with van der Waals surface area (Å²) in [5, 5.41) is 7.06. The summed E-state index contributed by atoms with van der Waals surface area (Å²) >= 11 is 0. The first-order valence-corrected chi connectivity index (χ1v) is 7.72. The van der Waals surface area contributed by atoms with E-state index < -0.39 is 5.82 Å². The molecule has 1 aromatic heterocycles.